The van der Waals surface area contributed by atoms with Crippen LogP contribution in [0.5, 0.6) is 11.5 Å². The molecule has 4 aromatic carbocycles. The Kier molecular flexibility index (Phi) is 8.08. The predicted octanol–water partition coefficient (Wildman–Crippen LogP) is 5.79. The average Bonchev–Trinajstić information content (AvgIpc) is 3.60. The molecule has 1 atom stereocenters. The molecule has 0 saturated heterocycles. The van der Waals surface area contributed by atoms with Crippen LogP contribution in [0.2, 0.25) is 0 Å². The maximum Gasteiger partial charge on any atom is 0.299 e. The van der Waals surface area contributed by atoms with E-state index in [0.29, 0.717) is 28.4 Å². The van der Waals surface area contributed by atoms with Gasteiger partial charge in [-0.15, -0.1) is 0 Å². The van der Waals surface area contributed by atoms with E-state index < -0.39 is 36.1 Å². The predicted molar refractivity (Wildman–Crippen MR) is 169 cm³/mol. The van der Waals surface area contributed by atoms with E-state index in [2.05, 4.69) is 19.2 Å². The van der Waals surface area contributed by atoms with Gasteiger partial charge in [0.2, 0.25) is 12.7 Å². The molecule has 2 aliphatic rings. The number of carbonyl (C=O) groups excluding carboxylic acids is 4. The van der Waals surface area contributed by atoms with E-state index in [1.54, 1.807) is 42.5 Å². The SMILES string of the molecule is Cc1ccccc1CN(C(=O)CN1C(=O)C(=O)c2ccccc21)[C@@H](C(=O)Nc1ccc2c(c1)OCO2)c1ccc(C(C)C)cc1. The van der Waals surface area contributed by atoms with Crippen LogP contribution in [0.3, 0.4) is 0 Å². The van der Waals surface area contributed by atoms with Crippen LogP contribution in [0, 0.1) is 6.92 Å². The van der Waals surface area contributed by atoms with Crippen molar-refractivity contribution in [1.82, 2.24) is 4.90 Å². The van der Waals surface area contributed by atoms with Crippen molar-refractivity contribution >= 4 is 34.9 Å². The lowest BCUT2D eigenvalue weighted by Gasteiger charge is -2.33. The van der Waals surface area contributed by atoms with Crippen molar-refractivity contribution in [3.63, 3.8) is 0 Å². The number of fused-ring (bicyclic) bond motifs is 2. The number of benzene rings is 4. The van der Waals surface area contributed by atoms with Gasteiger partial charge < -0.3 is 19.7 Å². The van der Waals surface area contributed by atoms with E-state index in [9.17, 15) is 19.2 Å². The minimum absolute atomic E-state index is 0.0916. The zero-order valence-electron chi connectivity index (χ0n) is 25.3. The zero-order chi connectivity index (χ0) is 31.7. The minimum Gasteiger partial charge on any atom is -0.454 e. The van der Waals surface area contributed by atoms with Crippen molar-refractivity contribution in [3.05, 3.63) is 119 Å². The summed E-state index contributed by atoms with van der Waals surface area (Å²) in [6.07, 6.45) is 0. The molecule has 0 fully saturated rings. The molecule has 9 nitrogen and oxygen atoms in total. The summed E-state index contributed by atoms with van der Waals surface area (Å²) in [5.41, 5.74) is 4.58. The third-order valence-electron chi connectivity index (χ3n) is 8.21. The Morgan fingerprint density at radius 3 is 2.31 bits per heavy atom. The molecule has 3 amide bonds. The molecule has 1 N–H and O–H groups in total. The van der Waals surface area contributed by atoms with Gasteiger partial charge in [0.25, 0.3) is 17.6 Å². The Morgan fingerprint density at radius 1 is 0.867 bits per heavy atom. The zero-order valence-corrected chi connectivity index (χ0v) is 25.3. The Balaban J connectivity index is 1.40. The maximum atomic E-state index is 14.4. The van der Waals surface area contributed by atoms with Crippen LogP contribution in [0.1, 0.15) is 58.4 Å². The number of Topliss-reactive ketones (excluding diaryl/α,β-unsaturated/α-hetero) is 1. The lowest BCUT2D eigenvalue weighted by atomic mass is 9.97. The summed E-state index contributed by atoms with van der Waals surface area (Å²) in [7, 11) is 0. The van der Waals surface area contributed by atoms with E-state index in [1.807, 2.05) is 55.5 Å². The van der Waals surface area contributed by atoms with Crippen LogP contribution in [0.25, 0.3) is 0 Å². The number of rotatable bonds is 9. The number of amides is 3. The first-order valence-corrected chi connectivity index (χ1v) is 14.8. The summed E-state index contributed by atoms with van der Waals surface area (Å²) in [5, 5.41) is 2.97. The van der Waals surface area contributed by atoms with Gasteiger partial charge in [0.05, 0.1) is 11.3 Å². The number of nitrogens with zero attached hydrogens (tertiary/aromatic N) is 2. The Morgan fingerprint density at radius 2 is 1.56 bits per heavy atom. The number of ether oxygens (including phenoxy) is 2. The standard InChI is InChI=1S/C36H33N3O6/c1-22(2)24-12-14-25(15-13-24)33(35(42)37-27-16-17-30-31(18-27)45-21-44-30)39(19-26-9-5-4-8-23(26)3)32(40)20-38-29-11-7-6-10-28(29)34(41)36(38)43/h4-18,22,33H,19-21H2,1-3H3,(H,37,42)/t33-/m1/s1. The molecule has 0 bridgehead atoms. The number of aryl methyl sites for hydroxylation is 1. The second-order valence-corrected chi connectivity index (χ2v) is 11.5. The number of hydrogen-bond acceptors (Lipinski definition) is 6. The van der Waals surface area contributed by atoms with E-state index in [0.717, 1.165) is 16.7 Å². The highest BCUT2D eigenvalue weighted by atomic mass is 16.7. The molecule has 0 aliphatic carbocycles. The van der Waals surface area contributed by atoms with Crippen LogP contribution in [-0.2, 0) is 20.9 Å². The Hall–Kier alpha value is -5.44. The van der Waals surface area contributed by atoms with E-state index in [4.69, 9.17) is 9.47 Å². The summed E-state index contributed by atoms with van der Waals surface area (Å²) in [6, 6.07) is 25.9. The summed E-state index contributed by atoms with van der Waals surface area (Å²) >= 11 is 0. The molecular formula is C36H33N3O6. The molecule has 0 spiro atoms. The highest BCUT2D eigenvalue weighted by Crippen LogP contribution is 2.36. The monoisotopic (exact) mass is 603 g/mol. The second kappa shape index (κ2) is 12.3. The molecule has 228 valence electrons. The third-order valence-corrected chi connectivity index (χ3v) is 8.21. The van der Waals surface area contributed by atoms with E-state index in [-0.39, 0.29) is 24.8 Å². The molecule has 4 aromatic rings. The fraction of sp³-hybridized carbons (Fsp3) is 0.222. The van der Waals surface area contributed by atoms with Gasteiger partial charge >= 0.3 is 0 Å². The third kappa shape index (κ3) is 5.89. The molecule has 9 heteroatoms. The lowest BCUT2D eigenvalue weighted by Crippen LogP contribution is -2.46. The summed E-state index contributed by atoms with van der Waals surface area (Å²) in [5.74, 6) is -1.02. The Labute approximate surface area is 261 Å². The topological polar surface area (TPSA) is 105 Å². The van der Waals surface area contributed by atoms with Crippen LogP contribution in [0.4, 0.5) is 11.4 Å². The molecular weight excluding hydrogens is 570 g/mol. The largest absolute Gasteiger partial charge is 0.454 e. The molecule has 0 unspecified atom stereocenters. The van der Waals surface area contributed by atoms with Crippen LogP contribution in [0.15, 0.2) is 91.0 Å². The van der Waals surface area contributed by atoms with Gasteiger partial charge in [0.1, 0.15) is 12.6 Å². The first kappa shape index (κ1) is 29.6. The Bertz CT molecular complexity index is 1800. The smallest absolute Gasteiger partial charge is 0.299 e. The molecule has 2 aliphatic heterocycles. The van der Waals surface area contributed by atoms with Crippen LogP contribution in [-0.4, -0.2) is 41.7 Å². The van der Waals surface area contributed by atoms with Gasteiger partial charge in [-0.25, -0.2) is 0 Å². The van der Waals surface area contributed by atoms with Crippen molar-refractivity contribution in [2.75, 3.05) is 23.6 Å². The highest BCUT2D eigenvalue weighted by molar-refractivity contribution is 6.52. The van der Waals surface area contributed by atoms with Crippen molar-refractivity contribution in [3.8, 4) is 11.5 Å². The molecule has 45 heavy (non-hydrogen) atoms. The fourth-order valence-electron chi connectivity index (χ4n) is 5.65. The molecule has 2 heterocycles. The molecule has 0 aromatic heterocycles. The van der Waals surface area contributed by atoms with Crippen molar-refractivity contribution in [2.24, 2.45) is 0 Å². The average molecular weight is 604 g/mol. The van der Waals surface area contributed by atoms with Gasteiger partial charge in [-0.2, -0.15) is 0 Å². The van der Waals surface area contributed by atoms with Gasteiger partial charge in [-0.3, -0.25) is 24.1 Å². The molecule has 0 radical (unpaired) electrons. The van der Waals surface area contributed by atoms with Crippen LogP contribution < -0.4 is 19.7 Å². The summed E-state index contributed by atoms with van der Waals surface area (Å²) in [4.78, 5) is 57.1. The number of carbonyl (C=O) groups is 4. The van der Waals surface area contributed by atoms with Crippen molar-refractivity contribution in [1.29, 1.82) is 0 Å². The van der Waals surface area contributed by atoms with Crippen molar-refractivity contribution < 1.29 is 28.7 Å². The minimum atomic E-state index is -1.08. The number of ketones is 1. The van der Waals surface area contributed by atoms with Gasteiger partial charge in [0, 0.05) is 18.3 Å². The molecule has 6 rings (SSSR count). The number of nitrogens with one attached hydrogen (secondary N) is 1. The number of para-hydroxylation sites is 1. The second-order valence-electron chi connectivity index (χ2n) is 11.5. The van der Waals surface area contributed by atoms with Gasteiger partial charge in [-0.05, 0) is 59.4 Å². The normalized spacial score (nSPS) is 14.0. The van der Waals surface area contributed by atoms with Crippen molar-refractivity contribution in [2.45, 2.75) is 39.3 Å². The maximum absolute atomic E-state index is 14.4. The van der Waals surface area contributed by atoms with E-state index >= 15 is 0 Å². The van der Waals surface area contributed by atoms with Crippen LogP contribution >= 0.6 is 0 Å². The number of anilines is 2. The van der Waals surface area contributed by atoms with Gasteiger partial charge in [-0.1, -0.05) is 74.5 Å². The quantitative estimate of drug-likeness (QED) is 0.243. The first-order valence-electron chi connectivity index (χ1n) is 14.8. The fourth-order valence-corrected chi connectivity index (χ4v) is 5.65. The molecule has 0 saturated carbocycles. The van der Waals surface area contributed by atoms with E-state index in [1.165, 1.54) is 9.80 Å². The number of hydrogen-bond donors (Lipinski definition) is 1. The summed E-state index contributed by atoms with van der Waals surface area (Å²) in [6.45, 7) is 5.88. The lowest BCUT2D eigenvalue weighted by molar-refractivity contribution is -0.139. The highest BCUT2D eigenvalue weighted by Gasteiger charge is 2.39. The van der Waals surface area contributed by atoms with Gasteiger partial charge in [0.15, 0.2) is 11.5 Å². The summed E-state index contributed by atoms with van der Waals surface area (Å²) < 4.78 is 10.9. The first-order chi connectivity index (χ1) is 21.7.